The molecular formula is C21H22N3O5S2+. The van der Waals surface area contributed by atoms with E-state index in [9.17, 15) is 14.4 Å². The van der Waals surface area contributed by atoms with Crippen LogP contribution in [-0.4, -0.2) is 30.0 Å². The number of anilines is 1. The fourth-order valence-corrected chi connectivity index (χ4v) is 5.58. The van der Waals surface area contributed by atoms with Crippen molar-refractivity contribution in [2.24, 2.45) is 0 Å². The predicted octanol–water partition coefficient (Wildman–Crippen LogP) is 3.01. The van der Waals surface area contributed by atoms with Gasteiger partial charge in [-0.1, -0.05) is 17.7 Å². The third-order valence-electron chi connectivity index (χ3n) is 5.05. The Morgan fingerprint density at radius 2 is 2.00 bits per heavy atom. The molecule has 0 saturated heterocycles. The molecule has 4 rings (SSSR count). The standard InChI is InChI=1S/C21H21N3O5S2/c1-12-7-9-13(10-8-12)24-19(21(27)29-23-24)30-11-16(25)22-18-17(20(26)28-2)14-5-3-4-6-15(14)31-18/h7-10H,3-6,11H2,1-2H3,(H-,22,23,25,26,27)/p+1. The lowest BCUT2D eigenvalue weighted by Gasteiger charge is -2.11. The van der Waals surface area contributed by atoms with Gasteiger partial charge in [0.15, 0.2) is 0 Å². The Balaban J connectivity index is 1.51. The number of hydrogen-bond acceptors (Lipinski definition) is 7. The number of ether oxygens (including phenoxy) is 1. The lowest BCUT2D eigenvalue weighted by atomic mass is 9.95. The van der Waals surface area contributed by atoms with Crippen molar-refractivity contribution in [2.75, 3.05) is 18.2 Å². The Morgan fingerprint density at radius 1 is 1.26 bits per heavy atom. The fraction of sp³-hybridized carbons (Fsp3) is 0.333. The molecule has 1 amide bonds. The number of nitrogens with zero attached hydrogens (tertiary/aromatic N) is 1. The molecule has 31 heavy (non-hydrogen) atoms. The van der Waals surface area contributed by atoms with Crippen LogP contribution >= 0.6 is 23.1 Å². The van der Waals surface area contributed by atoms with Gasteiger partial charge in [0.25, 0.3) is 0 Å². The van der Waals surface area contributed by atoms with Crippen molar-refractivity contribution in [1.29, 1.82) is 0 Å². The topological polar surface area (TPSA) is 105 Å². The first-order valence-corrected chi connectivity index (χ1v) is 11.6. The van der Waals surface area contributed by atoms with Crippen molar-refractivity contribution >= 4 is 40.0 Å². The van der Waals surface area contributed by atoms with Crippen LogP contribution < -0.4 is 15.6 Å². The van der Waals surface area contributed by atoms with E-state index in [1.54, 1.807) is 0 Å². The second-order valence-electron chi connectivity index (χ2n) is 7.20. The van der Waals surface area contributed by atoms with Crippen molar-refractivity contribution < 1.29 is 23.5 Å². The van der Waals surface area contributed by atoms with Crippen LogP contribution in [-0.2, 0) is 22.4 Å². The van der Waals surface area contributed by atoms with Gasteiger partial charge >= 0.3 is 16.6 Å². The molecule has 0 fully saturated rings. The minimum atomic E-state index is -0.555. The molecule has 3 aromatic rings. The van der Waals surface area contributed by atoms with Crippen LogP contribution in [0.1, 0.15) is 39.2 Å². The monoisotopic (exact) mass is 460 g/mol. The van der Waals surface area contributed by atoms with E-state index < -0.39 is 11.6 Å². The van der Waals surface area contributed by atoms with Gasteiger partial charge in [0.05, 0.1) is 18.4 Å². The molecule has 2 aromatic heterocycles. The number of benzene rings is 1. The highest BCUT2D eigenvalue weighted by Crippen LogP contribution is 2.38. The van der Waals surface area contributed by atoms with Crippen LogP contribution in [0.3, 0.4) is 0 Å². The second-order valence-corrected chi connectivity index (χ2v) is 9.27. The number of aromatic nitrogens is 2. The molecular weight excluding hydrogens is 438 g/mol. The number of aryl methyl sites for hydroxylation is 2. The molecule has 1 aliphatic rings. The van der Waals surface area contributed by atoms with Gasteiger partial charge in [-0.25, -0.2) is 9.59 Å². The summed E-state index contributed by atoms with van der Waals surface area (Å²) in [6, 6.07) is 7.54. The van der Waals surface area contributed by atoms with Gasteiger partial charge in [0.1, 0.15) is 5.00 Å². The summed E-state index contributed by atoms with van der Waals surface area (Å²) < 4.78 is 11.4. The van der Waals surface area contributed by atoms with E-state index in [-0.39, 0.29) is 16.7 Å². The molecule has 1 aromatic carbocycles. The summed E-state index contributed by atoms with van der Waals surface area (Å²) >= 11 is 2.49. The summed E-state index contributed by atoms with van der Waals surface area (Å²) in [5.41, 5.74) is 2.69. The molecule has 0 bridgehead atoms. The number of carbonyl (C=O) groups is 2. The van der Waals surface area contributed by atoms with Crippen molar-refractivity contribution in [2.45, 2.75) is 37.6 Å². The molecule has 0 atom stereocenters. The molecule has 2 heterocycles. The highest BCUT2D eigenvalue weighted by molar-refractivity contribution is 7.99. The number of carbonyl (C=O) groups excluding carboxylic acids is 2. The zero-order valence-corrected chi connectivity index (χ0v) is 18.8. The van der Waals surface area contributed by atoms with Gasteiger partial charge < -0.3 is 10.1 Å². The Bertz CT molecular complexity index is 1180. The van der Waals surface area contributed by atoms with E-state index in [4.69, 9.17) is 9.26 Å². The number of H-pyrrole nitrogens is 1. The van der Waals surface area contributed by atoms with Crippen molar-refractivity contribution in [3.63, 3.8) is 0 Å². The SMILES string of the molecule is COC(=O)c1c(NC(=O)CSc2c(=O)o[nH][n+]2-c2ccc(C)cc2)sc2c1CCCC2. The number of esters is 1. The number of thiophene rings is 1. The Hall–Kier alpha value is -2.85. The number of fused-ring (bicyclic) bond motifs is 1. The van der Waals surface area contributed by atoms with Crippen molar-refractivity contribution in [3.05, 3.63) is 56.3 Å². The van der Waals surface area contributed by atoms with Gasteiger partial charge in [-0.05, 0) is 59.9 Å². The largest absolute Gasteiger partial charge is 0.465 e. The maximum atomic E-state index is 12.7. The van der Waals surface area contributed by atoms with E-state index >= 15 is 0 Å². The third-order valence-corrected chi connectivity index (χ3v) is 7.29. The molecule has 0 spiro atoms. The van der Waals surface area contributed by atoms with Crippen LogP contribution in [0.2, 0.25) is 0 Å². The summed E-state index contributed by atoms with van der Waals surface area (Å²) in [7, 11) is 1.34. The Kier molecular flexibility index (Phi) is 6.28. The number of methoxy groups -OCH3 is 1. The molecule has 2 N–H and O–H groups in total. The predicted molar refractivity (Wildman–Crippen MR) is 117 cm³/mol. The van der Waals surface area contributed by atoms with E-state index in [1.165, 1.54) is 23.1 Å². The van der Waals surface area contributed by atoms with Crippen LogP contribution in [0.25, 0.3) is 5.69 Å². The summed E-state index contributed by atoms with van der Waals surface area (Å²) in [6.07, 6.45) is 3.79. The highest BCUT2D eigenvalue weighted by Gasteiger charge is 2.28. The molecule has 0 saturated carbocycles. The lowest BCUT2D eigenvalue weighted by molar-refractivity contribution is -0.704. The molecule has 0 unspecified atom stereocenters. The lowest BCUT2D eigenvalue weighted by Crippen LogP contribution is -2.36. The molecule has 162 valence electrons. The quantitative estimate of drug-likeness (QED) is 0.333. The molecule has 0 aliphatic heterocycles. The summed E-state index contributed by atoms with van der Waals surface area (Å²) in [6.45, 7) is 1.97. The van der Waals surface area contributed by atoms with Gasteiger partial charge in [0.2, 0.25) is 11.6 Å². The van der Waals surface area contributed by atoms with Gasteiger partial charge in [-0.3, -0.25) is 9.32 Å². The van der Waals surface area contributed by atoms with Crippen LogP contribution in [0.4, 0.5) is 5.00 Å². The van der Waals surface area contributed by atoms with Crippen LogP contribution in [0, 0.1) is 6.92 Å². The van der Waals surface area contributed by atoms with E-state index in [2.05, 4.69) is 10.6 Å². The van der Waals surface area contributed by atoms with Gasteiger partial charge in [-0.2, -0.15) is 0 Å². The molecule has 8 nitrogen and oxygen atoms in total. The number of rotatable bonds is 6. The Labute approximate surface area is 186 Å². The third kappa shape index (κ3) is 4.45. The first kappa shape index (κ1) is 21.4. The second kappa shape index (κ2) is 9.11. The minimum absolute atomic E-state index is 0.0162. The zero-order valence-electron chi connectivity index (χ0n) is 17.1. The smallest absolute Gasteiger partial charge is 0.442 e. The summed E-state index contributed by atoms with van der Waals surface area (Å²) in [5.74, 6) is -0.770. The average molecular weight is 461 g/mol. The first-order valence-electron chi connectivity index (χ1n) is 9.84. The van der Waals surface area contributed by atoms with E-state index in [1.807, 2.05) is 31.2 Å². The maximum absolute atomic E-state index is 12.7. The number of thioether (sulfide) groups is 1. The van der Waals surface area contributed by atoms with Crippen LogP contribution in [0.15, 0.2) is 38.6 Å². The number of aromatic amines is 1. The highest BCUT2D eigenvalue weighted by atomic mass is 32.2. The molecule has 0 radical (unpaired) electrons. The summed E-state index contributed by atoms with van der Waals surface area (Å²) in [5, 5.41) is 6.18. The van der Waals surface area contributed by atoms with Gasteiger partial charge in [0, 0.05) is 17.0 Å². The zero-order chi connectivity index (χ0) is 22.0. The van der Waals surface area contributed by atoms with Gasteiger partial charge in [-0.15, -0.1) is 11.3 Å². The normalized spacial score (nSPS) is 13.0. The minimum Gasteiger partial charge on any atom is -0.465 e. The number of hydrogen-bond donors (Lipinski definition) is 2. The van der Waals surface area contributed by atoms with E-state index in [0.29, 0.717) is 10.6 Å². The van der Waals surface area contributed by atoms with E-state index in [0.717, 1.165) is 59.1 Å². The summed E-state index contributed by atoms with van der Waals surface area (Å²) in [4.78, 5) is 38.2. The molecule has 10 heteroatoms. The fourth-order valence-electron chi connectivity index (χ4n) is 3.52. The number of nitrogens with one attached hydrogen (secondary N) is 2. The Morgan fingerprint density at radius 3 is 2.74 bits per heavy atom. The maximum Gasteiger partial charge on any atom is 0.442 e. The van der Waals surface area contributed by atoms with Crippen LogP contribution in [0.5, 0.6) is 0 Å². The number of amides is 1. The molecule has 1 aliphatic carbocycles. The van der Waals surface area contributed by atoms with Crippen molar-refractivity contribution in [3.8, 4) is 5.69 Å². The average Bonchev–Trinajstić information content (AvgIpc) is 3.32. The van der Waals surface area contributed by atoms with Crippen molar-refractivity contribution in [1.82, 2.24) is 5.27 Å². The first-order chi connectivity index (χ1) is 15.0.